The van der Waals surface area contributed by atoms with Gasteiger partial charge >= 0.3 is 5.97 Å². The van der Waals surface area contributed by atoms with Gasteiger partial charge in [-0.05, 0) is 29.9 Å². The fraction of sp³-hybridized carbons (Fsp3) is 0.333. The zero-order valence-electron chi connectivity index (χ0n) is 9.67. The van der Waals surface area contributed by atoms with E-state index in [1.54, 1.807) is 7.11 Å². The summed E-state index contributed by atoms with van der Waals surface area (Å²) < 4.78 is 9.68. The van der Waals surface area contributed by atoms with Crippen molar-refractivity contribution in [1.29, 1.82) is 0 Å². The van der Waals surface area contributed by atoms with E-state index in [1.807, 2.05) is 24.3 Å². The second-order valence-electron chi connectivity index (χ2n) is 3.31. The average Bonchev–Trinajstić information content (AvgIpc) is 2.38. The van der Waals surface area contributed by atoms with E-state index in [0.29, 0.717) is 6.42 Å². The van der Waals surface area contributed by atoms with Crippen molar-refractivity contribution < 1.29 is 14.3 Å². The lowest BCUT2D eigenvalue weighted by atomic mass is 10.1. The van der Waals surface area contributed by atoms with E-state index >= 15 is 0 Å². The van der Waals surface area contributed by atoms with Crippen molar-refractivity contribution in [2.75, 3.05) is 14.2 Å². The van der Waals surface area contributed by atoms with Crippen LogP contribution in [0.1, 0.15) is 5.56 Å². The van der Waals surface area contributed by atoms with Gasteiger partial charge in [0.15, 0.2) is 6.04 Å². The van der Waals surface area contributed by atoms with Gasteiger partial charge in [-0.15, -0.1) is 0 Å². The molecular formula is C12H13NO3S. The van der Waals surface area contributed by atoms with Crippen LogP contribution in [0.15, 0.2) is 29.3 Å². The zero-order valence-corrected chi connectivity index (χ0v) is 10.5. The summed E-state index contributed by atoms with van der Waals surface area (Å²) in [6.45, 7) is 0. The zero-order chi connectivity index (χ0) is 12.7. The number of methoxy groups -OCH3 is 2. The van der Waals surface area contributed by atoms with Crippen LogP contribution in [0.5, 0.6) is 5.75 Å². The van der Waals surface area contributed by atoms with E-state index in [2.05, 4.69) is 27.1 Å². The second-order valence-corrected chi connectivity index (χ2v) is 3.49. The van der Waals surface area contributed by atoms with Gasteiger partial charge < -0.3 is 9.47 Å². The minimum Gasteiger partial charge on any atom is -0.497 e. The Morgan fingerprint density at radius 3 is 2.53 bits per heavy atom. The van der Waals surface area contributed by atoms with Crippen LogP contribution in [0.25, 0.3) is 0 Å². The van der Waals surface area contributed by atoms with Crippen LogP contribution in [-0.4, -0.2) is 31.4 Å². The Labute approximate surface area is 105 Å². The Balaban J connectivity index is 2.78. The van der Waals surface area contributed by atoms with Crippen molar-refractivity contribution in [2.45, 2.75) is 12.5 Å². The maximum atomic E-state index is 11.4. The minimum absolute atomic E-state index is 0.418. The van der Waals surface area contributed by atoms with Gasteiger partial charge in [-0.2, -0.15) is 0 Å². The number of thiocarbonyl (C=S) groups is 1. The van der Waals surface area contributed by atoms with Crippen LogP contribution in [0.4, 0.5) is 0 Å². The summed E-state index contributed by atoms with van der Waals surface area (Å²) in [4.78, 5) is 15.2. The molecule has 90 valence electrons. The predicted molar refractivity (Wildman–Crippen MR) is 67.5 cm³/mol. The molecule has 0 heterocycles. The molecule has 0 aliphatic heterocycles. The molecule has 0 aliphatic rings. The number of rotatable bonds is 5. The van der Waals surface area contributed by atoms with Crippen LogP contribution >= 0.6 is 12.2 Å². The summed E-state index contributed by atoms with van der Waals surface area (Å²) in [5, 5.41) is 2.21. The Kier molecular flexibility index (Phi) is 5.33. The first kappa shape index (κ1) is 13.4. The van der Waals surface area contributed by atoms with Crippen LogP contribution in [0.3, 0.4) is 0 Å². The van der Waals surface area contributed by atoms with E-state index in [9.17, 15) is 4.79 Å². The second kappa shape index (κ2) is 6.78. The van der Waals surface area contributed by atoms with E-state index in [1.165, 1.54) is 7.11 Å². The van der Waals surface area contributed by atoms with E-state index in [0.717, 1.165) is 11.3 Å². The number of isothiocyanates is 1. The van der Waals surface area contributed by atoms with Crippen LogP contribution < -0.4 is 4.74 Å². The number of esters is 1. The summed E-state index contributed by atoms with van der Waals surface area (Å²) in [7, 11) is 2.92. The monoisotopic (exact) mass is 251 g/mol. The van der Waals surface area contributed by atoms with Crippen LogP contribution in [0, 0.1) is 0 Å². The Morgan fingerprint density at radius 2 is 2.06 bits per heavy atom. The quantitative estimate of drug-likeness (QED) is 0.455. The molecule has 0 spiro atoms. The molecule has 4 nitrogen and oxygen atoms in total. The highest BCUT2D eigenvalue weighted by atomic mass is 32.1. The first-order chi connectivity index (χ1) is 8.21. The molecule has 1 aromatic carbocycles. The number of hydrogen-bond acceptors (Lipinski definition) is 5. The molecule has 0 N–H and O–H groups in total. The average molecular weight is 251 g/mol. The Bertz CT molecular complexity index is 424. The molecule has 0 saturated heterocycles. The van der Waals surface area contributed by atoms with Gasteiger partial charge in [0, 0.05) is 6.42 Å². The number of ether oxygens (including phenoxy) is 2. The number of aliphatic imine (C=N–C) groups is 1. The molecule has 0 saturated carbocycles. The summed E-state index contributed by atoms with van der Waals surface area (Å²) in [6.07, 6.45) is 0.431. The minimum atomic E-state index is -0.633. The molecular weight excluding hydrogens is 238 g/mol. The van der Waals surface area contributed by atoms with Crippen molar-refractivity contribution in [3.05, 3.63) is 29.8 Å². The largest absolute Gasteiger partial charge is 0.497 e. The van der Waals surface area contributed by atoms with Gasteiger partial charge in [0.25, 0.3) is 0 Å². The molecule has 0 aromatic heterocycles. The van der Waals surface area contributed by atoms with Crippen LogP contribution in [0.2, 0.25) is 0 Å². The highest BCUT2D eigenvalue weighted by Gasteiger charge is 2.18. The van der Waals surface area contributed by atoms with Crippen molar-refractivity contribution >= 4 is 23.3 Å². The molecule has 1 aromatic rings. The lowest BCUT2D eigenvalue weighted by Crippen LogP contribution is -2.22. The van der Waals surface area contributed by atoms with E-state index in [-0.39, 0.29) is 0 Å². The van der Waals surface area contributed by atoms with Gasteiger partial charge in [-0.25, -0.2) is 9.79 Å². The molecule has 0 radical (unpaired) electrons. The molecule has 0 unspecified atom stereocenters. The van der Waals surface area contributed by atoms with Crippen molar-refractivity contribution in [2.24, 2.45) is 4.99 Å². The van der Waals surface area contributed by atoms with Gasteiger partial charge in [0.2, 0.25) is 0 Å². The van der Waals surface area contributed by atoms with E-state index < -0.39 is 12.0 Å². The number of carbonyl (C=O) groups excluding carboxylic acids is 1. The van der Waals surface area contributed by atoms with Crippen LogP contribution in [-0.2, 0) is 16.0 Å². The number of carbonyl (C=O) groups is 1. The molecule has 0 amide bonds. The Hall–Kier alpha value is -1.71. The summed E-state index contributed by atoms with van der Waals surface area (Å²) in [5.41, 5.74) is 0.954. The van der Waals surface area contributed by atoms with Gasteiger partial charge in [-0.3, -0.25) is 0 Å². The fourth-order valence-corrected chi connectivity index (χ4v) is 1.49. The number of hydrogen-bond donors (Lipinski definition) is 0. The third-order valence-electron chi connectivity index (χ3n) is 2.27. The maximum absolute atomic E-state index is 11.4. The number of nitrogens with zero attached hydrogens (tertiary/aromatic N) is 1. The van der Waals surface area contributed by atoms with E-state index in [4.69, 9.17) is 4.74 Å². The van der Waals surface area contributed by atoms with Gasteiger partial charge in [0.05, 0.1) is 19.4 Å². The topological polar surface area (TPSA) is 47.9 Å². The molecule has 1 atom stereocenters. The summed E-state index contributed by atoms with van der Waals surface area (Å²) in [5.74, 6) is 0.347. The third kappa shape index (κ3) is 3.98. The Morgan fingerprint density at radius 1 is 1.41 bits per heavy atom. The van der Waals surface area contributed by atoms with Crippen molar-refractivity contribution in [3.8, 4) is 5.75 Å². The molecule has 0 bridgehead atoms. The fourth-order valence-electron chi connectivity index (χ4n) is 1.37. The molecule has 0 fully saturated rings. The lowest BCUT2D eigenvalue weighted by molar-refractivity contribution is -0.142. The number of benzene rings is 1. The first-order valence-electron chi connectivity index (χ1n) is 4.99. The van der Waals surface area contributed by atoms with Gasteiger partial charge in [-0.1, -0.05) is 12.1 Å². The van der Waals surface area contributed by atoms with Crippen molar-refractivity contribution in [3.63, 3.8) is 0 Å². The molecule has 0 aliphatic carbocycles. The van der Waals surface area contributed by atoms with Crippen molar-refractivity contribution in [1.82, 2.24) is 0 Å². The molecule has 1 rings (SSSR count). The predicted octanol–water partition coefficient (Wildman–Crippen LogP) is 1.88. The summed E-state index contributed by atoms with van der Waals surface area (Å²) in [6, 6.07) is 6.75. The highest BCUT2D eigenvalue weighted by molar-refractivity contribution is 7.78. The van der Waals surface area contributed by atoms with Gasteiger partial charge in [0.1, 0.15) is 5.75 Å². The maximum Gasteiger partial charge on any atom is 0.331 e. The summed E-state index contributed by atoms with van der Waals surface area (Å²) >= 11 is 4.51. The highest BCUT2D eigenvalue weighted by Crippen LogP contribution is 2.14. The normalized spacial score (nSPS) is 11.2. The lowest BCUT2D eigenvalue weighted by Gasteiger charge is -2.09. The SMILES string of the molecule is COC(=O)[C@H](Cc1ccc(OC)cc1)N=C=S. The standard InChI is InChI=1S/C12H13NO3S/c1-15-10-5-3-9(4-6-10)7-11(13-8-17)12(14)16-2/h3-6,11H,7H2,1-2H3/t11-/m0/s1. The molecule has 17 heavy (non-hydrogen) atoms. The smallest absolute Gasteiger partial charge is 0.331 e. The molecule has 5 heteroatoms. The third-order valence-corrected chi connectivity index (χ3v) is 2.38. The first-order valence-corrected chi connectivity index (χ1v) is 5.39.